The molecular weight excluding hydrogens is 314 g/mol. The molecule has 4 atom stereocenters. The fourth-order valence-electron chi connectivity index (χ4n) is 3.77. The Bertz CT molecular complexity index is 770. The molecule has 0 aliphatic carbocycles. The van der Waals surface area contributed by atoms with Gasteiger partial charge in [-0.2, -0.15) is 0 Å². The zero-order valence-electron chi connectivity index (χ0n) is 12.8. The molecule has 2 saturated heterocycles. The Kier molecular flexibility index (Phi) is 3.13. The molecule has 2 amide bonds. The van der Waals surface area contributed by atoms with Crippen molar-refractivity contribution < 1.29 is 29.0 Å². The predicted octanol–water partition coefficient (Wildman–Crippen LogP) is 0.417. The van der Waals surface area contributed by atoms with Crippen LogP contribution in [0.15, 0.2) is 36.4 Å². The van der Waals surface area contributed by atoms with E-state index in [1.54, 1.807) is 24.3 Å². The monoisotopic (exact) mass is 329 g/mol. The van der Waals surface area contributed by atoms with E-state index in [-0.39, 0.29) is 18.4 Å². The maximum atomic E-state index is 12.8. The van der Waals surface area contributed by atoms with Crippen LogP contribution >= 0.6 is 0 Å². The number of ether oxygens (including phenoxy) is 2. The van der Waals surface area contributed by atoms with Crippen LogP contribution in [-0.2, 0) is 19.1 Å². The van der Waals surface area contributed by atoms with E-state index < -0.39 is 29.5 Å². The lowest BCUT2D eigenvalue weighted by molar-refractivity contribution is -0.132. The van der Waals surface area contributed by atoms with Gasteiger partial charge in [0.05, 0.1) is 30.2 Å². The molecular formula is C17H15NO6. The van der Waals surface area contributed by atoms with Crippen LogP contribution in [0.2, 0.25) is 0 Å². The first kappa shape index (κ1) is 15.0. The van der Waals surface area contributed by atoms with Gasteiger partial charge in [-0.3, -0.25) is 14.4 Å². The number of esters is 1. The van der Waals surface area contributed by atoms with Gasteiger partial charge in [0, 0.05) is 6.92 Å². The third-order valence-electron chi connectivity index (χ3n) is 4.76. The van der Waals surface area contributed by atoms with E-state index in [1.165, 1.54) is 19.1 Å². The summed E-state index contributed by atoms with van der Waals surface area (Å²) in [7, 11) is 0. The number of hydrogen-bond acceptors (Lipinski definition) is 6. The Balaban J connectivity index is 1.65. The Hall–Kier alpha value is -2.51. The van der Waals surface area contributed by atoms with Crippen molar-refractivity contribution in [1.29, 1.82) is 0 Å². The third-order valence-corrected chi connectivity index (χ3v) is 4.76. The second kappa shape index (κ2) is 4.99. The van der Waals surface area contributed by atoms with Crippen LogP contribution in [-0.4, -0.2) is 41.2 Å². The number of carbonyl (C=O) groups excluding carboxylic acids is 3. The summed E-state index contributed by atoms with van der Waals surface area (Å²) in [6.45, 7) is 0.944. The molecule has 3 aliphatic heterocycles. The lowest BCUT2D eigenvalue weighted by Gasteiger charge is -2.26. The van der Waals surface area contributed by atoms with E-state index in [0.717, 1.165) is 4.90 Å². The Morgan fingerprint density at radius 3 is 2.62 bits per heavy atom. The Labute approximate surface area is 137 Å². The van der Waals surface area contributed by atoms with Gasteiger partial charge in [-0.05, 0) is 24.3 Å². The number of carbonyl (C=O) groups is 3. The minimum Gasteiger partial charge on any atom is -0.427 e. The molecule has 1 aromatic rings. The van der Waals surface area contributed by atoms with Gasteiger partial charge < -0.3 is 14.6 Å². The van der Waals surface area contributed by atoms with E-state index in [1.807, 2.05) is 0 Å². The van der Waals surface area contributed by atoms with Gasteiger partial charge in [0.2, 0.25) is 11.8 Å². The number of imide groups is 1. The first-order valence-corrected chi connectivity index (χ1v) is 7.61. The van der Waals surface area contributed by atoms with Gasteiger partial charge in [-0.15, -0.1) is 0 Å². The summed E-state index contributed by atoms with van der Waals surface area (Å²) >= 11 is 0. The van der Waals surface area contributed by atoms with Crippen molar-refractivity contribution >= 4 is 23.5 Å². The highest BCUT2D eigenvalue weighted by atomic mass is 16.5. The molecule has 0 spiro atoms. The molecule has 1 aromatic carbocycles. The molecule has 124 valence electrons. The Morgan fingerprint density at radius 1 is 1.29 bits per heavy atom. The van der Waals surface area contributed by atoms with Crippen LogP contribution in [0.3, 0.4) is 0 Å². The largest absolute Gasteiger partial charge is 0.427 e. The molecule has 1 N–H and O–H groups in total. The molecule has 0 radical (unpaired) electrons. The number of aliphatic hydroxyl groups is 1. The topological polar surface area (TPSA) is 93.1 Å². The number of hydrogen-bond donors (Lipinski definition) is 1. The van der Waals surface area contributed by atoms with Gasteiger partial charge in [0.25, 0.3) is 0 Å². The minimum atomic E-state index is -1.10. The molecule has 0 aromatic heterocycles. The minimum absolute atomic E-state index is 0.336. The number of rotatable bonds is 3. The summed E-state index contributed by atoms with van der Waals surface area (Å²) in [5, 5.41) is 9.66. The molecule has 24 heavy (non-hydrogen) atoms. The molecule has 3 heterocycles. The summed E-state index contributed by atoms with van der Waals surface area (Å²) in [6.07, 6.45) is 2.93. The lowest BCUT2D eigenvalue weighted by Crippen LogP contribution is -2.43. The highest BCUT2D eigenvalue weighted by Crippen LogP contribution is 2.52. The third kappa shape index (κ3) is 1.88. The smallest absolute Gasteiger partial charge is 0.308 e. The van der Waals surface area contributed by atoms with Crippen molar-refractivity contribution in [3.63, 3.8) is 0 Å². The molecule has 3 aliphatic rings. The molecule has 0 saturated carbocycles. The van der Waals surface area contributed by atoms with Gasteiger partial charge in [-0.1, -0.05) is 12.2 Å². The van der Waals surface area contributed by atoms with E-state index in [9.17, 15) is 19.5 Å². The zero-order chi connectivity index (χ0) is 17.1. The van der Waals surface area contributed by atoms with Crippen LogP contribution in [0.1, 0.15) is 6.92 Å². The van der Waals surface area contributed by atoms with E-state index in [2.05, 4.69) is 0 Å². The van der Waals surface area contributed by atoms with Crippen molar-refractivity contribution in [2.75, 3.05) is 11.5 Å². The molecule has 2 fully saturated rings. The van der Waals surface area contributed by atoms with Crippen molar-refractivity contribution in [3.05, 3.63) is 36.4 Å². The second-order valence-corrected chi connectivity index (χ2v) is 6.16. The van der Waals surface area contributed by atoms with Crippen LogP contribution < -0.4 is 9.64 Å². The second-order valence-electron chi connectivity index (χ2n) is 6.16. The number of fused-ring (bicyclic) bond motifs is 5. The standard InChI is InChI=1S/C17H15NO6/c1-9(20)23-11-4-2-10(3-5-11)18-15(21)13-12-6-7-17(8-19,24-12)14(13)16(18)22/h2-7,12-14,19H,8H2,1H3/t12-,13-,14+,17+/m1/s1. The maximum absolute atomic E-state index is 12.8. The van der Waals surface area contributed by atoms with Crippen molar-refractivity contribution in [2.45, 2.75) is 18.6 Å². The van der Waals surface area contributed by atoms with Gasteiger partial charge >= 0.3 is 5.97 Å². The number of nitrogens with zero attached hydrogens (tertiary/aromatic N) is 1. The first-order chi connectivity index (χ1) is 11.5. The van der Waals surface area contributed by atoms with Gasteiger partial charge in [0.15, 0.2) is 0 Å². The SMILES string of the molecule is CC(=O)Oc1ccc(N2C(=O)[C@H]3[C@@H](C2=O)[C@@]2(CO)C=C[C@H]3O2)cc1. The average Bonchev–Trinajstić information content (AvgIpc) is 3.19. The summed E-state index contributed by atoms with van der Waals surface area (Å²) in [4.78, 5) is 37.6. The first-order valence-electron chi connectivity index (χ1n) is 7.61. The summed E-state index contributed by atoms with van der Waals surface area (Å²) in [5.74, 6) is -2.15. The molecule has 2 bridgehead atoms. The highest BCUT2D eigenvalue weighted by Gasteiger charge is 2.67. The van der Waals surface area contributed by atoms with Crippen LogP contribution in [0, 0.1) is 11.8 Å². The van der Waals surface area contributed by atoms with Gasteiger partial charge in [-0.25, -0.2) is 4.90 Å². The normalized spacial score (nSPS) is 33.2. The predicted molar refractivity (Wildman–Crippen MR) is 81.1 cm³/mol. The summed E-state index contributed by atoms with van der Waals surface area (Å²) in [5.41, 5.74) is -0.697. The summed E-state index contributed by atoms with van der Waals surface area (Å²) in [6, 6.07) is 6.15. The zero-order valence-corrected chi connectivity index (χ0v) is 12.8. The number of anilines is 1. The van der Waals surface area contributed by atoms with Crippen LogP contribution in [0.5, 0.6) is 5.75 Å². The van der Waals surface area contributed by atoms with Crippen molar-refractivity contribution in [2.24, 2.45) is 11.8 Å². The fraction of sp³-hybridized carbons (Fsp3) is 0.353. The highest BCUT2D eigenvalue weighted by molar-refractivity contribution is 6.23. The molecule has 7 nitrogen and oxygen atoms in total. The number of amides is 2. The fourth-order valence-corrected chi connectivity index (χ4v) is 3.77. The summed E-state index contributed by atoms with van der Waals surface area (Å²) < 4.78 is 10.6. The van der Waals surface area contributed by atoms with Crippen molar-refractivity contribution in [1.82, 2.24) is 0 Å². The maximum Gasteiger partial charge on any atom is 0.308 e. The van der Waals surface area contributed by atoms with Crippen molar-refractivity contribution in [3.8, 4) is 5.75 Å². The van der Waals surface area contributed by atoms with E-state index in [4.69, 9.17) is 9.47 Å². The number of aliphatic hydroxyl groups excluding tert-OH is 1. The van der Waals surface area contributed by atoms with Crippen LogP contribution in [0.4, 0.5) is 5.69 Å². The molecule has 4 rings (SSSR count). The van der Waals surface area contributed by atoms with Crippen LogP contribution in [0.25, 0.3) is 0 Å². The number of benzene rings is 1. The van der Waals surface area contributed by atoms with E-state index >= 15 is 0 Å². The quantitative estimate of drug-likeness (QED) is 0.374. The Morgan fingerprint density at radius 2 is 2.00 bits per heavy atom. The lowest BCUT2D eigenvalue weighted by atomic mass is 9.77. The van der Waals surface area contributed by atoms with Gasteiger partial charge in [0.1, 0.15) is 11.4 Å². The van der Waals surface area contributed by atoms with E-state index in [0.29, 0.717) is 11.4 Å². The average molecular weight is 329 g/mol. The molecule has 0 unspecified atom stereocenters. The molecule has 7 heteroatoms.